The highest BCUT2D eigenvalue weighted by molar-refractivity contribution is 14.1. The van der Waals surface area contributed by atoms with Crippen molar-refractivity contribution in [2.24, 2.45) is 0 Å². The van der Waals surface area contributed by atoms with Crippen molar-refractivity contribution in [1.29, 1.82) is 0 Å². The monoisotopic (exact) mass is 433 g/mol. The van der Waals surface area contributed by atoms with Crippen molar-refractivity contribution in [3.63, 3.8) is 0 Å². The van der Waals surface area contributed by atoms with Crippen LogP contribution in [-0.4, -0.2) is 18.3 Å². The average Bonchev–Trinajstić information content (AvgIpc) is 2.60. The van der Waals surface area contributed by atoms with Crippen molar-refractivity contribution >= 4 is 51.4 Å². The summed E-state index contributed by atoms with van der Waals surface area (Å²) in [6.07, 6.45) is 3.68. The van der Waals surface area contributed by atoms with Crippen LogP contribution in [0.15, 0.2) is 57.7 Å². The standard InChI is InChI=1S/C19H16INO3/c20-14-4-8-19-17(11-14)18(23)12-16(24-19)7-3-13-1-5-15(6-2-13)21-9-10-22/h1-8,11-12,21-22H,9-10H2/b7-3+. The number of benzene rings is 2. The van der Waals surface area contributed by atoms with Crippen molar-refractivity contribution in [1.82, 2.24) is 0 Å². The van der Waals surface area contributed by atoms with Crippen LogP contribution in [0.1, 0.15) is 11.3 Å². The lowest BCUT2D eigenvalue weighted by molar-refractivity contribution is 0.311. The second kappa shape index (κ2) is 7.63. The van der Waals surface area contributed by atoms with Crippen molar-refractivity contribution < 1.29 is 9.52 Å². The first-order valence-corrected chi connectivity index (χ1v) is 8.60. The topological polar surface area (TPSA) is 62.5 Å². The molecule has 0 aliphatic carbocycles. The quantitative estimate of drug-likeness (QED) is 0.598. The Balaban J connectivity index is 1.82. The van der Waals surface area contributed by atoms with Gasteiger partial charge in [0.15, 0.2) is 5.43 Å². The van der Waals surface area contributed by atoms with E-state index < -0.39 is 0 Å². The summed E-state index contributed by atoms with van der Waals surface area (Å²) in [5.74, 6) is 0.524. The number of rotatable bonds is 5. The lowest BCUT2D eigenvalue weighted by Gasteiger charge is -2.04. The molecule has 2 N–H and O–H groups in total. The molecule has 0 atom stereocenters. The van der Waals surface area contributed by atoms with Gasteiger partial charge in [-0.05, 0) is 64.6 Å². The molecule has 0 radical (unpaired) electrons. The van der Waals surface area contributed by atoms with E-state index >= 15 is 0 Å². The van der Waals surface area contributed by atoms with E-state index in [1.807, 2.05) is 48.5 Å². The van der Waals surface area contributed by atoms with Gasteiger partial charge in [-0.15, -0.1) is 0 Å². The second-order valence-corrected chi connectivity index (χ2v) is 6.50. The fourth-order valence-corrected chi connectivity index (χ4v) is 2.81. The molecule has 3 rings (SSSR count). The summed E-state index contributed by atoms with van der Waals surface area (Å²) in [5.41, 5.74) is 2.49. The molecule has 0 saturated carbocycles. The molecule has 3 aromatic rings. The summed E-state index contributed by atoms with van der Waals surface area (Å²) < 4.78 is 6.77. The van der Waals surface area contributed by atoms with Gasteiger partial charge in [-0.3, -0.25) is 4.79 Å². The lowest BCUT2D eigenvalue weighted by atomic mass is 10.1. The smallest absolute Gasteiger partial charge is 0.193 e. The van der Waals surface area contributed by atoms with E-state index in [4.69, 9.17) is 9.52 Å². The Hall–Kier alpha value is -2.12. The maximum absolute atomic E-state index is 12.2. The Labute approximate surface area is 153 Å². The van der Waals surface area contributed by atoms with Gasteiger partial charge in [0, 0.05) is 21.9 Å². The number of hydrogen-bond donors (Lipinski definition) is 2. The normalized spacial score (nSPS) is 11.2. The van der Waals surface area contributed by atoms with Gasteiger partial charge < -0.3 is 14.8 Å². The molecule has 4 nitrogen and oxygen atoms in total. The third kappa shape index (κ3) is 4.04. The molecule has 5 heteroatoms. The Kier molecular flexibility index (Phi) is 5.32. The van der Waals surface area contributed by atoms with Crippen LogP contribution in [0.5, 0.6) is 0 Å². The first kappa shape index (κ1) is 16.7. The van der Waals surface area contributed by atoms with Crippen LogP contribution >= 0.6 is 22.6 Å². The number of fused-ring (bicyclic) bond motifs is 1. The Bertz CT molecular complexity index is 929. The molecule has 0 aliphatic heterocycles. The molecule has 0 bridgehead atoms. The van der Waals surface area contributed by atoms with Crippen molar-refractivity contribution in [3.05, 3.63) is 73.6 Å². The minimum atomic E-state index is -0.0435. The number of aliphatic hydroxyl groups excluding tert-OH is 1. The number of halogens is 1. The van der Waals surface area contributed by atoms with Gasteiger partial charge >= 0.3 is 0 Å². The first-order chi connectivity index (χ1) is 11.7. The Morgan fingerprint density at radius 2 is 1.88 bits per heavy atom. The van der Waals surface area contributed by atoms with Crippen LogP contribution in [0, 0.1) is 3.57 Å². The molecule has 0 amide bonds. The summed E-state index contributed by atoms with van der Waals surface area (Å²) in [6.45, 7) is 0.623. The molecule has 24 heavy (non-hydrogen) atoms. The highest BCUT2D eigenvalue weighted by Gasteiger charge is 2.03. The van der Waals surface area contributed by atoms with Crippen LogP contribution in [0.25, 0.3) is 23.1 Å². The predicted molar refractivity (Wildman–Crippen MR) is 106 cm³/mol. The highest BCUT2D eigenvalue weighted by atomic mass is 127. The van der Waals surface area contributed by atoms with E-state index in [2.05, 4.69) is 27.9 Å². The van der Waals surface area contributed by atoms with E-state index in [0.29, 0.717) is 23.3 Å². The summed E-state index contributed by atoms with van der Waals surface area (Å²) in [4.78, 5) is 12.2. The summed E-state index contributed by atoms with van der Waals surface area (Å²) in [7, 11) is 0. The number of anilines is 1. The van der Waals surface area contributed by atoms with Crippen LogP contribution in [-0.2, 0) is 0 Å². The maximum Gasteiger partial charge on any atom is 0.193 e. The molecule has 0 unspecified atom stereocenters. The largest absolute Gasteiger partial charge is 0.456 e. The molecule has 0 aliphatic rings. The van der Waals surface area contributed by atoms with Crippen LogP contribution < -0.4 is 10.7 Å². The predicted octanol–water partition coefficient (Wildman–Crippen LogP) is 3.97. The first-order valence-electron chi connectivity index (χ1n) is 7.52. The summed E-state index contributed by atoms with van der Waals surface area (Å²) in [5, 5.41) is 12.5. The number of hydrogen-bond acceptors (Lipinski definition) is 4. The van der Waals surface area contributed by atoms with E-state index in [0.717, 1.165) is 14.8 Å². The zero-order valence-electron chi connectivity index (χ0n) is 12.8. The average molecular weight is 433 g/mol. The van der Waals surface area contributed by atoms with E-state index in [9.17, 15) is 4.79 Å². The van der Waals surface area contributed by atoms with Gasteiger partial charge in [0.1, 0.15) is 11.3 Å². The Morgan fingerprint density at radius 1 is 1.08 bits per heavy atom. The zero-order valence-corrected chi connectivity index (χ0v) is 15.0. The molecule has 0 fully saturated rings. The third-order valence-corrected chi connectivity index (χ3v) is 4.17. The molecule has 0 spiro atoms. The van der Waals surface area contributed by atoms with Gasteiger partial charge in [-0.1, -0.05) is 18.2 Å². The zero-order chi connectivity index (χ0) is 16.9. The van der Waals surface area contributed by atoms with Crippen LogP contribution in [0.2, 0.25) is 0 Å². The molecular formula is C19H16INO3. The minimum absolute atomic E-state index is 0.0435. The second-order valence-electron chi connectivity index (χ2n) is 5.26. The minimum Gasteiger partial charge on any atom is -0.456 e. The van der Waals surface area contributed by atoms with E-state index in [-0.39, 0.29) is 12.0 Å². The van der Waals surface area contributed by atoms with E-state index in [1.165, 1.54) is 6.07 Å². The van der Waals surface area contributed by atoms with Gasteiger partial charge in [0.2, 0.25) is 0 Å². The Morgan fingerprint density at radius 3 is 2.62 bits per heavy atom. The van der Waals surface area contributed by atoms with Crippen LogP contribution in [0.4, 0.5) is 5.69 Å². The lowest BCUT2D eigenvalue weighted by Crippen LogP contribution is -2.04. The van der Waals surface area contributed by atoms with Gasteiger partial charge in [-0.25, -0.2) is 0 Å². The van der Waals surface area contributed by atoms with Gasteiger partial charge in [0.05, 0.1) is 12.0 Å². The molecule has 1 heterocycles. The highest BCUT2D eigenvalue weighted by Crippen LogP contribution is 2.17. The molecule has 0 saturated heterocycles. The molecule has 122 valence electrons. The van der Waals surface area contributed by atoms with Crippen molar-refractivity contribution in [2.75, 3.05) is 18.5 Å². The van der Waals surface area contributed by atoms with Gasteiger partial charge in [0.25, 0.3) is 0 Å². The number of aliphatic hydroxyl groups is 1. The van der Waals surface area contributed by atoms with Crippen LogP contribution in [0.3, 0.4) is 0 Å². The van der Waals surface area contributed by atoms with E-state index in [1.54, 1.807) is 6.08 Å². The fraction of sp³-hybridized carbons (Fsp3) is 0.105. The molecular weight excluding hydrogens is 417 g/mol. The van der Waals surface area contributed by atoms with Gasteiger partial charge in [-0.2, -0.15) is 0 Å². The summed E-state index contributed by atoms with van der Waals surface area (Å²) >= 11 is 2.17. The van der Waals surface area contributed by atoms with Crippen molar-refractivity contribution in [3.8, 4) is 0 Å². The van der Waals surface area contributed by atoms with Crippen molar-refractivity contribution in [2.45, 2.75) is 0 Å². The SMILES string of the molecule is O=c1cc(/C=C/c2ccc(NCCO)cc2)oc2ccc(I)cc12. The summed E-state index contributed by atoms with van der Waals surface area (Å²) in [6, 6.07) is 14.9. The fourth-order valence-electron chi connectivity index (χ4n) is 2.32. The molecule has 2 aromatic carbocycles. The third-order valence-electron chi connectivity index (χ3n) is 3.50. The maximum atomic E-state index is 12.2. The number of nitrogens with one attached hydrogen (secondary N) is 1. The molecule has 1 aromatic heterocycles.